The molecule has 6 nitrogen and oxygen atoms in total. The normalized spacial score (nSPS) is 9.57. The molecular formula is C7H9N2O4S+. The quantitative estimate of drug-likeness (QED) is 0.509. The Morgan fingerprint density at radius 2 is 1.57 bits per heavy atom. The summed E-state index contributed by atoms with van der Waals surface area (Å²) >= 11 is 0. The van der Waals surface area contributed by atoms with Gasteiger partial charge < -0.3 is 0 Å². The van der Waals surface area contributed by atoms with Crippen molar-refractivity contribution in [1.82, 2.24) is 0 Å². The van der Waals surface area contributed by atoms with Crippen molar-refractivity contribution in [1.29, 1.82) is 5.39 Å². The fraction of sp³-hybridized carbons (Fsp3) is 0.143. The lowest BCUT2D eigenvalue weighted by Gasteiger charge is -1.81. The minimum Gasteiger partial charge on any atom is -0.264 e. The molecule has 0 amide bonds. The lowest BCUT2D eigenvalue weighted by molar-refractivity contribution is 0.381. The van der Waals surface area contributed by atoms with Crippen molar-refractivity contribution >= 4 is 16.1 Å². The molecule has 1 aromatic rings. The topological polar surface area (TPSA) is 103 Å². The summed E-state index contributed by atoms with van der Waals surface area (Å²) in [5.41, 5.74) is 1.77. The van der Waals surface area contributed by atoms with E-state index < -0.39 is 10.4 Å². The molecular weight excluding hydrogens is 208 g/mol. The first-order valence-corrected chi connectivity index (χ1v) is 4.84. The van der Waals surface area contributed by atoms with Gasteiger partial charge in [-0.2, -0.15) is 8.42 Å². The summed E-state index contributed by atoms with van der Waals surface area (Å²) < 4.78 is 31.6. The monoisotopic (exact) mass is 217 g/mol. The summed E-state index contributed by atoms with van der Waals surface area (Å²) in [6, 6.07) is 7.31. The molecule has 0 radical (unpaired) electrons. The van der Waals surface area contributed by atoms with Gasteiger partial charge in [-0.05, 0) is 6.92 Å². The summed E-state index contributed by atoms with van der Waals surface area (Å²) in [5, 5.41) is 8.25. The van der Waals surface area contributed by atoms with Crippen LogP contribution in [0, 0.1) is 12.3 Å². The summed E-state index contributed by atoms with van der Waals surface area (Å²) in [7, 11) is -4.67. The zero-order valence-corrected chi connectivity index (χ0v) is 8.14. The molecule has 2 N–H and O–H groups in total. The third-order valence-electron chi connectivity index (χ3n) is 1.15. The van der Waals surface area contributed by atoms with E-state index in [0.717, 1.165) is 0 Å². The molecule has 0 spiro atoms. The Balaban J connectivity index is 0.000000292. The highest BCUT2D eigenvalue weighted by Gasteiger charge is 1.98. The number of rotatable bonds is 0. The third kappa shape index (κ3) is 8.61. The van der Waals surface area contributed by atoms with Gasteiger partial charge in [0.25, 0.3) is 0 Å². The van der Waals surface area contributed by atoms with Crippen molar-refractivity contribution in [3.05, 3.63) is 34.8 Å². The van der Waals surface area contributed by atoms with Crippen LogP contribution in [0.1, 0.15) is 5.56 Å². The Morgan fingerprint density at radius 3 is 1.86 bits per heavy atom. The number of nitrogens with zero attached hydrogens (tertiary/aromatic N) is 2. The number of diazo groups is 1. The van der Waals surface area contributed by atoms with E-state index in [-0.39, 0.29) is 0 Å². The van der Waals surface area contributed by atoms with Crippen LogP contribution in [0.15, 0.2) is 24.3 Å². The first-order valence-electron chi connectivity index (χ1n) is 3.44. The fourth-order valence-electron chi connectivity index (χ4n) is 0.611. The van der Waals surface area contributed by atoms with E-state index in [1.54, 1.807) is 12.1 Å². The average Bonchev–Trinajstić information content (AvgIpc) is 2.03. The summed E-state index contributed by atoms with van der Waals surface area (Å²) in [4.78, 5) is 3.01. The van der Waals surface area contributed by atoms with Crippen LogP contribution >= 0.6 is 0 Å². The molecule has 0 bridgehead atoms. The van der Waals surface area contributed by atoms with Crippen LogP contribution in [0.2, 0.25) is 0 Å². The Kier molecular flexibility index (Phi) is 4.72. The van der Waals surface area contributed by atoms with Crippen LogP contribution in [0.5, 0.6) is 0 Å². The lowest BCUT2D eigenvalue weighted by Crippen LogP contribution is -1.89. The summed E-state index contributed by atoms with van der Waals surface area (Å²) in [6.07, 6.45) is 0. The van der Waals surface area contributed by atoms with Gasteiger partial charge >= 0.3 is 16.1 Å². The molecule has 0 aliphatic heterocycles. The van der Waals surface area contributed by atoms with Crippen LogP contribution in [-0.4, -0.2) is 17.5 Å². The van der Waals surface area contributed by atoms with Crippen molar-refractivity contribution in [3.8, 4) is 0 Å². The van der Waals surface area contributed by atoms with E-state index in [1.165, 1.54) is 5.56 Å². The highest BCUT2D eigenvalue weighted by Crippen LogP contribution is 2.10. The standard InChI is InChI=1S/C7H7N2.H2O4S/c1-6-2-4-7(9-8)5-3-6;1-5(2,3)4/h2-5H,1H3;(H2,1,2,3,4)/q+1;. The largest absolute Gasteiger partial charge is 0.394 e. The van der Waals surface area contributed by atoms with Gasteiger partial charge in [0.2, 0.25) is 5.39 Å². The first kappa shape index (κ1) is 12.5. The first-order chi connectivity index (χ1) is 6.33. The molecule has 0 saturated heterocycles. The molecule has 7 heteroatoms. The van der Waals surface area contributed by atoms with Crippen molar-refractivity contribution in [3.63, 3.8) is 0 Å². The Bertz CT molecular complexity index is 410. The predicted octanol–water partition coefficient (Wildman–Crippen LogP) is 1.83. The molecule has 0 heterocycles. The van der Waals surface area contributed by atoms with Gasteiger partial charge in [0.15, 0.2) is 4.98 Å². The number of hydrogen-bond acceptors (Lipinski definition) is 3. The van der Waals surface area contributed by atoms with Crippen molar-refractivity contribution in [2.75, 3.05) is 0 Å². The molecule has 0 unspecified atom stereocenters. The van der Waals surface area contributed by atoms with Crippen molar-refractivity contribution in [2.24, 2.45) is 0 Å². The maximum atomic E-state index is 8.74. The molecule has 0 aliphatic carbocycles. The van der Waals surface area contributed by atoms with Crippen LogP contribution < -0.4 is 0 Å². The molecule has 0 aliphatic rings. The number of aryl methyl sites for hydroxylation is 1. The molecule has 14 heavy (non-hydrogen) atoms. The molecule has 0 aromatic heterocycles. The van der Waals surface area contributed by atoms with Crippen molar-refractivity contribution in [2.45, 2.75) is 6.92 Å². The van der Waals surface area contributed by atoms with Crippen LogP contribution in [0.4, 0.5) is 5.69 Å². The van der Waals surface area contributed by atoms with E-state index in [4.69, 9.17) is 22.9 Å². The SMILES string of the molecule is Cc1ccc([N+]#N)cc1.O=S(=O)(O)O. The molecule has 0 fully saturated rings. The second-order valence-corrected chi connectivity index (χ2v) is 3.28. The average molecular weight is 217 g/mol. The van der Waals surface area contributed by atoms with Crippen LogP contribution in [0.3, 0.4) is 0 Å². The second kappa shape index (κ2) is 5.29. The van der Waals surface area contributed by atoms with E-state index in [9.17, 15) is 0 Å². The Morgan fingerprint density at radius 1 is 1.21 bits per heavy atom. The molecule has 1 aromatic carbocycles. The Labute approximate surface area is 81.4 Å². The smallest absolute Gasteiger partial charge is 0.264 e. The van der Waals surface area contributed by atoms with E-state index in [1.807, 2.05) is 19.1 Å². The molecule has 1 rings (SSSR count). The molecule has 0 atom stereocenters. The summed E-state index contributed by atoms with van der Waals surface area (Å²) in [5.74, 6) is 0. The second-order valence-electron chi connectivity index (χ2n) is 2.38. The van der Waals surface area contributed by atoms with E-state index in [0.29, 0.717) is 5.69 Å². The van der Waals surface area contributed by atoms with Crippen LogP contribution in [-0.2, 0) is 10.4 Å². The van der Waals surface area contributed by atoms with Crippen molar-refractivity contribution < 1.29 is 17.5 Å². The van der Waals surface area contributed by atoms with Gasteiger partial charge in [0, 0.05) is 12.1 Å². The van der Waals surface area contributed by atoms with Gasteiger partial charge in [0.05, 0.1) is 0 Å². The lowest BCUT2D eigenvalue weighted by atomic mass is 10.2. The molecule has 76 valence electrons. The van der Waals surface area contributed by atoms with Gasteiger partial charge in [-0.3, -0.25) is 9.11 Å². The molecule has 0 saturated carbocycles. The summed E-state index contributed by atoms with van der Waals surface area (Å²) in [6.45, 7) is 1.99. The predicted molar refractivity (Wildman–Crippen MR) is 50.1 cm³/mol. The van der Waals surface area contributed by atoms with Gasteiger partial charge in [0.1, 0.15) is 0 Å². The van der Waals surface area contributed by atoms with Gasteiger partial charge in [-0.25, -0.2) is 0 Å². The maximum absolute atomic E-state index is 8.74. The third-order valence-corrected chi connectivity index (χ3v) is 1.15. The zero-order chi connectivity index (χ0) is 11.2. The fourth-order valence-corrected chi connectivity index (χ4v) is 0.611. The van der Waals surface area contributed by atoms with Crippen LogP contribution in [0.25, 0.3) is 4.98 Å². The zero-order valence-electron chi connectivity index (χ0n) is 7.32. The number of benzene rings is 1. The van der Waals surface area contributed by atoms with E-state index in [2.05, 4.69) is 4.98 Å². The minimum absolute atomic E-state index is 0.598. The number of hydrogen-bond donors (Lipinski definition) is 2. The minimum atomic E-state index is -4.67. The van der Waals surface area contributed by atoms with Gasteiger partial charge in [-0.1, -0.05) is 17.7 Å². The van der Waals surface area contributed by atoms with Gasteiger partial charge in [-0.15, -0.1) is 0 Å². The highest BCUT2D eigenvalue weighted by molar-refractivity contribution is 7.79. The maximum Gasteiger partial charge on any atom is 0.394 e. The Hall–Kier alpha value is -1.49. The van der Waals surface area contributed by atoms with E-state index >= 15 is 0 Å². The highest BCUT2D eigenvalue weighted by atomic mass is 32.3.